The zero-order chi connectivity index (χ0) is 12.6. The molecule has 9 heteroatoms. The van der Waals surface area contributed by atoms with Gasteiger partial charge >= 0.3 is 6.18 Å². The van der Waals surface area contributed by atoms with Crippen molar-refractivity contribution in [2.75, 3.05) is 0 Å². The largest absolute Gasteiger partial charge is 0.493 e. The molecule has 5 nitrogen and oxygen atoms in total. The van der Waals surface area contributed by atoms with Crippen LogP contribution < -0.4 is 5.56 Å². The van der Waals surface area contributed by atoms with Gasteiger partial charge in [-0.1, -0.05) is 0 Å². The Balaban J connectivity index is 2.47. The number of aromatic nitrogens is 3. The lowest BCUT2D eigenvalue weighted by molar-refractivity contribution is -0.140. The topological polar surface area (TPSA) is 78.9 Å². The minimum Gasteiger partial charge on any atom is -0.493 e. The van der Waals surface area contributed by atoms with E-state index in [0.717, 1.165) is 11.4 Å². The third-order valence-corrected chi connectivity index (χ3v) is 2.57. The monoisotopic (exact) mass is 263 g/mol. The summed E-state index contributed by atoms with van der Waals surface area (Å²) in [6.07, 6.45) is -4.55. The van der Waals surface area contributed by atoms with Gasteiger partial charge in [-0.15, -0.1) is 11.3 Å². The first-order chi connectivity index (χ1) is 7.86. The summed E-state index contributed by atoms with van der Waals surface area (Å²) >= 11 is 0.672. The van der Waals surface area contributed by atoms with E-state index in [-0.39, 0.29) is 10.8 Å². The van der Waals surface area contributed by atoms with Crippen LogP contribution >= 0.6 is 11.3 Å². The van der Waals surface area contributed by atoms with Gasteiger partial charge in [0.1, 0.15) is 0 Å². The second-order valence-corrected chi connectivity index (χ2v) is 3.85. The van der Waals surface area contributed by atoms with E-state index in [1.807, 2.05) is 0 Å². The van der Waals surface area contributed by atoms with Gasteiger partial charge in [0.05, 0.1) is 6.07 Å². The quantitative estimate of drug-likeness (QED) is 0.819. The van der Waals surface area contributed by atoms with Crippen molar-refractivity contribution in [1.29, 1.82) is 0 Å². The highest BCUT2D eigenvalue weighted by Crippen LogP contribution is 2.32. The van der Waals surface area contributed by atoms with Crippen molar-refractivity contribution in [3.63, 3.8) is 0 Å². The second-order valence-electron chi connectivity index (χ2n) is 2.99. The fourth-order valence-corrected chi connectivity index (χ4v) is 1.83. The summed E-state index contributed by atoms with van der Waals surface area (Å²) in [5, 5.41) is 9.73. The lowest BCUT2D eigenvalue weighted by Crippen LogP contribution is -2.08. The Morgan fingerprint density at radius 1 is 1.35 bits per heavy atom. The molecule has 0 radical (unpaired) electrons. The van der Waals surface area contributed by atoms with E-state index in [9.17, 15) is 18.0 Å². The fraction of sp³-hybridized carbons (Fsp3) is 0.125. The summed E-state index contributed by atoms with van der Waals surface area (Å²) in [6, 6.07) is 0.807. The van der Waals surface area contributed by atoms with E-state index in [2.05, 4.69) is 15.0 Å². The average molecular weight is 263 g/mol. The highest BCUT2D eigenvalue weighted by atomic mass is 32.1. The molecule has 0 fully saturated rings. The van der Waals surface area contributed by atoms with Gasteiger partial charge in [0, 0.05) is 5.38 Å². The molecular formula is C8H4F3N3O2S. The van der Waals surface area contributed by atoms with Gasteiger partial charge < -0.3 is 10.1 Å². The van der Waals surface area contributed by atoms with Crippen molar-refractivity contribution in [2.45, 2.75) is 6.18 Å². The van der Waals surface area contributed by atoms with Crippen molar-refractivity contribution < 1.29 is 18.3 Å². The Morgan fingerprint density at radius 2 is 2.06 bits per heavy atom. The lowest BCUT2D eigenvalue weighted by Gasteiger charge is -2.00. The molecule has 0 bridgehead atoms. The van der Waals surface area contributed by atoms with Crippen LogP contribution in [-0.2, 0) is 6.18 Å². The molecule has 2 heterocycles. The molecule has 0 atom stereocenters. The Kier molecular flexibility index (Phi) is 2.62. The van der Waals surface area contributed by atoms with E-state index >= 15 is 0 Å². The summed E-state index contributed by atoms with van der Waals surface area (Å²) in [5.74, 6) is -0.775. The highest BCUT2D eigenvalue weighted by molar-refractivity contribution is 7.13. The normalized spacial score (nSPS) is 11.7. The number of halogens is 3. The molecule has 0 saturated heterocycles. The predicted octanol–water partition coefficient (Wildman–Crippen LogP) is 1.62. The van der Waals surface area contributed by atoms with Gasteiger partial charge in [-0.05, 0) is 0 Å². The van der Waals surface area contributed by atoms with Crippen LogP contribution in [0.2, 0.25) is 0 Å². The van der Waals surface area contributed by atoms with Crippen LogP contribution in [0.3, 0.4) is 0 Å². The number of hydrogen-bond donors (Lipinski definition) is 2. The van der Waals surface area contributed by atoms with E-state index < -0.39 is 23.3 Å². The van der Waals surface area contributed by atoms with Crippen LogP contribution in [-0.4, -0.2) is 20.1 Å². The number of hydrogen-bond acceptors (Lipinski definition) is 5. The standard InChI is InChI=1S/C8H4F3N3O2S/c9-8(10,11)3-2-17-7(12-3)6-13-4(15)1-5(16)14-6/h1-2H,(H2,13,14,15,16). The minimum atomic E-state index is -4.55. The molecule has 0 aliphatic rings. The van der Waals surface area contributed by atoms with Crippen LogP contribution in [0.1, 0.15) is 5.69 Å². The maximum Gasteiger partial charge on any atom is 0.434 e. The number of aromatic amines is 1. The second kappa shape index (κ2) is 3.84. The first-order valence-corrected chi connectivity index (χ1v) is 5.07. The summed E-state index contributed by atoms with van der Waals surface area (Å²) in [7, 11) is 0. The molecule has 0 unspecified atom stereocenters. The van der Waals surface area contributed by atoms with Crippen molar-refractivity contribution >= 4 is 11.3 Å². The van der Waals surface area contributed by atoms with Gasteiger partial charge in [-0.25, -0.2) is 4.98 Å². The molecule has 90 valence electrons. The molecule has 2 aromatic rings. The van der Waals surface area contributed by atoms with Crippen LogP contribution in [0.5, 0.6) is 5.88 Å². The molecular weight excluding hydrogens is 259 g/mol. The molecule has 0 aliphatic heterocycles. The van der Waals surface area contributed by atoms with Crippen molar-refractivity contribution in [2.24, 2.45) is 0 Å². The van der Waals surface area contributed by atoms with Gasteiger partial charge in [0.25, 0.3) is 5.56 Å². The van der Waals surface area contributed by atoms with E-state index in [1.54, 1.807) is 0 Å². The average Bonchev–Trinajstić information content (AvgIpc) is 2.63. The van der Waals surface area contributed by atoms with Crippen LogP contribution in [0, 0.1) is 0 Å². The Hall–Kier alpha value is -1.90. The third-order valence-electron chi connectivity index (χ3n) is 1.73. The number of nitrogens with zero attached hydrogens (tertiary/aromatic N) is 2. The van der Waals surface area contributed by atoms with Crippen LogP contribution in [0.4, 0.5) is 13.2 Å². The number of nitrogens with one attached hydrogen (secondary N) is 1. The molecule has 0 aromatic carbocycles. The summed E-state index contributed by atoms with van der Waals surface area (Å²) < 4.78 is 36.8. The molecule has 0 saturated carbocycles. The van der Waals surface area contributed by atoms with Crippen molar-refractivity contribution in [3.05, 3.63) is 27.5 Å². The predicted molar refractivity (Wildman–Crippen MR) is 52.6 cm³/mol. The zero-order valence-corrected chi connectivity index (χ0v) is 8.76. The van der Waals surface area contributed by atoms with Crippen molar-refractivity contribution in [3.8, 4) is 16.7 Å². The zero-order valence-electron chi connectivity index (χ0n) is 7.95. The minimum absolute atomic E-state index is 0.120. The molecule has 0 amide bonds. The fourth-order valence-electron chi connectivity index (χ4n) is 1.06. The molecule has 0 aliphatic carbocycles. The van der Waals surface area contributed by atoms with Crippen LogP contribution in [0.15, 0.2) is 16.2 Å². The van der Waals surface area contributed by atoms with Gasteiger partial charge in [0.2, 0.25) is 5.88 Å². The maximum atomic E-state index is 12.3. The smallest absolute Gasteiger partial charge is 0.434 e. The first kappa shape index (κ1) is 11.6. The Bertz CT molecular complexity index is 605. The SMILES string of the molecule is O=c1cc(O)nc(-c2nc(C(F)(F)F)cs2)[nH]1. The van der Waals surface area contributed by atoms with Crippen molar-refractivity contribution in [1.82, 2.24) is 15.0 Å². The highest BCUT2D eigenvalue weighted by Gasteiger charge is 2.34. The molecule has 2 aromatic heterocycles. The Labute approximate surface area is 95.6 Å². The van der Waals surface area contributed by atoms with E-state index in [4.69, 9.17) is 5.11 Å². The molecule has 2 rings (SSSR count). The molecule has 17 heavy (non-hydrogen) atoms. The number of H-pyrrole nitrogens is 1. The van der Waals surface area contributed by atoms with Gasteiger partial charge in [-0.3, -0.25) is 4.79 Å². The third kappa shape index (κ3) is 2.44. The summed E-state index contributed by atoms with van der Waals surface area (Å²) in [5.41, 5.74) is -1.74. The number of aromatic hydroxyl groups is 1. The number of rotatable bonds is 1. The van der Waals surface area contributed by atoms with E-state index in [0.29, 0.717) is 11.3 Å². The Morgan fingerprint density at radius 3 is 2.59 bits per heavy atom. The van der Waals surface area contributed by atoms with E-state index in [1.165, 1.54) is 0 Å². The number of thiazole rings is 1. The number of alkyl halides is 3. The summed E-state index contributed by atoms with van der Waals surface area (Å²) in [4.78, 5) is 19.9. The first-order valence-electron chi connectivity index (χ1n) is 4.19. The molecule has 2 N–H and O–H groups in total. The summed E-state index contributed by atoms with van der Waals surface area (Å²) in [6.45, 7) is 0. The maximum absolute atomic E-state index is 12.3. The molecule has 0 spiro atoms. The van der Waals surface area contributed by atoms with Gasteiger partial charge in [0.15, 0.2) is 16.5 Å². The van der Waals surface area contributed by atoms with Crippen LogP contribution in [0.25, 0.3) is 10.8 Å². The lowest BCUT2D eigenvalue weighted by atomic mass is 10.5. The van der Waals surface area contributed by atoms with Gasteiger partial charge in [-0.2, -0.15) is 18.2 Å².